The van der Waals surface area contributed by atoms with Gasteiger partial charge in [0.05, 0.1) is 0 Å². The number of benzene rings is 3. The van der Waals surface area contributed by atoms with Crippen LogP contribution in [0.1, 0.15) is 16.7 Å². The van der Waals surface area contributed by atoms with Crippen LogP contribution >= 0.6 is 0 Å². The van der Waals surface area contributed by atoms with Gasteiger partial charge < -0.3 is 0 Å². The molecule has 0 aliphatic heterocycles. The molecule has 0 unspecified atom stereocenters. The fourth-order valence-electron chi connectivity index (χ4n) is 2.29. The van der Waals surface area contributed by atoms with Crippen LogP contribution in [0.15, 0.2) is 78.9 Å². The van der Waals surface area contributed by atoms with Crippen LogP contribution in [0.4, 0.5) is 0 Å². The predicted molar refractivity (Wildman–Crippen MR) is 92.0 cm³/mol. The maximum absolute atomic E-state index is 2.17. The highest BCUT2D eigenvalue weighted by Crippen LogP contribution is 2.20. The van der Waals surface area contributed by atoms with Crippen LogP contribution in [0.25, 0.3) is 23.3 Å². The molecule has 0 aliphatic carbocycles. The van der Waals surface area contributed by atoms with Gasteiger partial charge in [0, 0.05) is 0 Å². The molecular weight excluding hydrogens is 252 g/mol. The zero-order valence-corrected chi connectivity index (χ0v) is 12.2. The van der Waals surface area contributed by atoms with E-state index in [4.69, 9.17) is 0 Å². The summed E-state index contributed by atoms with van der Waals surface area (Å²) in [6, 6.07) is 27.7. The fourth-order valence-corrected chi connectivity index (χ4v) is 2.29. The Morgan fingerprint density at radius 1 is 0.524 bits per heavy atom. The molecule has 0 bridgehead atoms. The van der Waals surface area contributed by atoms with Crippen molar-refractivity contribution in [1.29, 1.82) is 0 Å². The molecule has 3 rings (SSSR count). The van der Waals surface area contributed by atoms with E-state index in [-0.39, 0.29) is 0 Å². The average molecular weight is 270 g/mol. The third-order valence-corrected chi connectivity index (χ3v) is 3.56. The van der Waals surface area contributed by atoms with Gasteiger partial charge in [-0.1, -0.05) is 96.6 Å². The molecule has 0 amide bonds. The Hall–Kier alpha value is -2.60. The maximum atomic E-state index is 2.17. The molecular formula is C21H18. The summed E-state index contributed by atoms with van der Waals surface area (Å²) in [7, 11) is 0. The molecule has 102 valence electrons. The van der Waals surface area contributed by atoms with Crippen molar-refractivity contribution < 1.29 is 0 Å². The first kappa shape index (κ1) is 13.4. The van der Waals surface area contributed by atoms with Crippen LogP contribution in [0.5, 0.6) is 0 Å². The van der Waals surface area contributed by atoms with Crippen molar-refractivity contribution in [1.82, 2.24) is 0 Å². The monoisotopic (exact) mass is 270 g/mol. The Morgan fingerprint density at radius 2 is 1.00 bits per heavy atom. The van der Waals surface area contributed by atoms with Gasteiger partial charge in [-0.2, -0.15) is 0 Å². The first-order valence-corrected chi connectivity index (χ1v) is 7.21. The van der Waals surface area contributed by atoms with Gasteiger partial charge in [-0.3, -0.25) is 0 Å². The smallest absolute Gasteiger partial charge is 0.0184 e. The zero-order chi connectivity index (χ0) is 14.5. The molecule has 0 saturated carbocycles. The van der Waals surface area contributed by atoms with Gasteiger partial charge in [0.1, 0.15) is 0 Å². The zero-order valence-electron chi connectivity index (χ0n) is 12.2. The maximum Gasteiger partial charge on any atom is -0.0184 e. The van der Waals surface area contributed by atoms with E-state index in [0.29, 0.717) is 0 Å². The summed E-state index contributed by atoms with van der Waals surface area (Å²) in [5.41, 5.74) is 6.25. The van der Waals surface area contributed by atoms with E-state index >= 15 is 0 Å². The summed E-state index contributed by atoms with van der Waals surface area (Å²) in [4.78, 5) is 0. The fraction of sp³-hybridized carbons (Fsp3) is 0.0476. The van der Waals surface area contributed by atoms with Crippen molar-refractivity contribution in [2.45, 2.75) is 6.92 Å². The molecule has 0 aliphatic rings. The molecule has 0 spiro atoms. The summed E-state index contributed by atoms with van der Waals surface area (Å²) in [5.74, 6) is 0. The molecule has 0 aromatic heterocycles. The molecule has 0 fully saturated rings. The lowest BCUT2D eigenvalue weighted by Crippen LogP contribution is -1.78. The Balaban J connectivity index is 1.77. The first-order valence-electron chi connectivity index (χ1n) is 7.21. The Kier molecular flexibility index (Phi) is 3.97. The summed E-state index contributed by atoms with van der Waals surface area (Å²) >= 11 is 0. The van der Waals surface area contributed by atoms with Crippen molar-refractivity contribution in [2.24, 2.45) is 0 Å². The summed E-state index contributed by atoms with van der Waals surface area (Å²) in [6.07, 6.45) is 4.30. The third kappa shape index (κ3) is 3.49. The van der Waals surface area contributed by atoms with Crippen LogP contribution in [-0.4, -0.2) is 0 Å². The molecule has 21 heavy (non-hydrogen) atoms. The van der Waals surface area contributed by atoms with E-state index in [1.807, 2.05) is 6.07 Å². The molecule has 0 saturated heterocycles. The second-order valence-electron chi connectivity index (χ2n) is 5.23. The van der Waals surface area contributed by atoms with E-state index in [0.717, 1.165) is 0 Å². The molecule has 0 N–H and O–H groups in total. The van der Waals surface area contributed by atoms with E-state index in [9.17, 15) is 0 Å². The van der Waals surface area contributed by atoms with Crippen molar-refractivity contribution >= 4 is 12.2 Å². The Morgan fingerprint density at radius 3 is 1.57 bits per heavy atom. The molecule has 0 atom stereocenters. The Labute approximate surface area is 126 Å². The van der Waals surface area contributed by atoms with Crippen LogP contribution in [-0.2, 0) is 0 Å². The van der Waals surface area contributed by atoms with E-state index in [1.165, 1.54) is 27.8 Å². The second-order valence-corrected chi connectivity index (χ2v) is 5.23. The minimum Gasteiger partial charge on any atom is -0.0622 e. The minimum atomic E-state index is 1.22. The number of aryl methyl sites for hydroxylation is 1. The van der Waals surface area contributed by atoms with Crippen molar-refractivity contribution in [3.8, 4) is 11.1 Å². The lowest BCUT2D eigenvalue weighted by atomic mass is 10.0. The molecule has 0 heterocycles. The van der Waals surface area contributed by atoms with Crippen molar-refractivity contribution in [3.05, 3.63) is 95.6 Å². The largest absolute Gasteiger partial charge is 0.0622 e. The van der Waals surface area contributed by atoms with Crippen LogP contribution < -0.4 is 0 Å². The van der Waals surface area contributed by atoms with E-state index in [2.05, 4.69) is 91.9 Å². The highest BCUT2D eigenvalue weighted by Gasteiger charge is 1.95. The van der Waals surface area contributed by atoms with E-state index in [1.54, 1.807) is 0 Å². The average Bonchev–Trinajstić information content (AvgIpc) is 2.56. The highest BCUT2D eigenvalue weighted by atomic mass is 14.0. The normalized spacial score (nSPS) is 10.9. The lowest BCUT2D eigenvalue weighted by molar-refractivity contribution is 1.46. The van der Waals surface area contributed by atoms with Crippen molar-refractivity contribution in [2.75, 3.05) is 0 Å². The van der Waals surface area contributed by atoms with Gasteiger partial charge in [0.2, 0.25) is 0 Å². The molecule has 3 aromatic rings. The molecule has 0 nitrogen and oxygen atoms in total. The summed E-state index contributed by atoms with van der Waals surface area (Å²) in [6.45, 7) is 2.11. The second kappa shape index (κ2) is 6.23. The molecule has 3 aromatic carbocycles. The van der Waals surface area contributed by atoms with Crippen LogP contribution in [0.2, 0.25) is 0 Å². The van der Waals surface area contributed by atoms with Gasteiger partial charge in [-0.25, -0.2) is 0 Å². The topological polar surface area (TPSA) is 0 Å². The summed E-state index contributed by atoms with van der Waals surface area (Å²) in [5, 5.41) is 0. The highest BCUT2D eigenvalue weighted by molar-refractivity contribution is 5.72. The third-order valence-electron chi connectivity index (χ3n) is 3.56. The standard InChI is InChI=1S/C21H18/c1-17-7-9-18(10-8-17)11-12-19-13-15-21(16-14-19)20-5-3-2-4-6-20/h2-16H,1H3/b12-11+. The van der Waals surface area contributed by atoms with Gasteiger partial charge in [-0.15, -0.1) is 0 Å². The minimum absolute atomic E-state index is 1.22. The number of hydrogen-bond acceptors (Lipinski definition) is 0. The van der Waals surface area contributed by atoms with E-state index < -0.39 is 0 Å². The predicted octanol–water partition coefficient (Wildman–Crippen LogP) is 5.83. The Bertz CT molecular complexity index is 717. The summed E-state index contributed by atoms with van der Waals surface area (Å²) < 4.78 is 0. The number of rotatable bonds is 3. The first-order chi connectivity index (χ1) is 10.3. The molecule has 0 heteroatoms. The molecule has 0 radical (unpaired) electrons. The quantitative estimate of drug-likeness (QED) is 0.525. The van der Waals surface area contributed by atoms with Crippen molar-refractivity contribution in [3.63, 3.8) is 0 Å². The van der Waals surface area contributed by atoms with Gasteiger partial charge in [-0.05, 0) is 29.2 Å². The van der Waals surface area contributed by atoms with Crippen LogP contribution in [0, 0.1) is 6.92 Å². The van der Waals surface area contributed by atoms with Gasteiger partial charge in [0.25, 0.3) is 0 Å². The van der Waals surface area contributed by atoms with Gasteiger partial charge in [0.15, 0.2) is 0 Å². The number of hydrogen-bond donors (Lipinski definition) is 0. The van der Waals surface area contributed by atoms with Gasteiger partial charge >= 0.3 is 0 Å². The van der Waals surface area contributed by atoms with Crippen LogP contribution in [0.3, 0.4) is 0 Å². The lowest BCUT2D eigenvalue weighted by Gasteiger charge is -2.02. The SMILES string of the molecule is Cc1ccc(/C=C/c2ccc(-c3ccccc3)cc2)cc1.